The number of benzene rings is 1. The molecule has 1 aliphatic rings. The molecule has 6 nitrogen and oxygen atoms in total. The molecule has 6 heteroatoms. The lowest BCUT2D eigenvalue weighted by Crippen LogP contribution is -2.36. The molecule has 0 saturated heterocycles. The van der Waals surface area contributed by atoms with Crippen LogP contribution >= 0.6 is 0 Å². The summed E-state index contributed by atoms with van der Waals surface area (Å²) in [5.74, 6) is 3.04. The molecule has 3 rings (SSSR count). The third-order valence-electron chi connectivity index (χ3n) is 4.91. The van der Waals surface area contributed by atoms with Gasteiger partial charge in [0.2, 0.25) is 11.8 Å². The van der Waals surface area contributed by atoms with Gasteiger partial charge in [-0.25, -0.2) is 0 Å². The SMILES string of the molecule is CCN(CC(=O)Nc1ccc(OC)cc1)C(=O)/C=C\c1ccc([C@@H]2C[C@@H]2C)o1. The number of hydrogen-bond donors (Lipinski definition) is 1. The highest BCUT2D eigenvalue weighted by Crippen LogP contribution is 2.47. The van der Waals surface area contributed by atoms with Gasteiger partial charge in [-0.15, -0.1) is 0 Å². The predicted octanol–water partition coefficient (Wildman–Crippen LogP) is 3.91. The zero-order valence-corrected chi connectivity index (χ0v) is 16.5. The van der Waals surface area contributed by atoms with Crippen molar-refractivity contribution in [3.05, 3.63) is 54.0 Å². The van der Waals surface area contributed by atoms with E-state index in [-0.39, 0.29) is 18.4 Å². The van der Waals surface area contributed by atoms with E-state index >= 15 is 0 Å². The first-order valence-corrected chi connectivity index (χ1v) is 9.50. The molecule has 1 heterocycles. The van der Waals surface area contributed by atoms with E-state index in [1.165, 1.54) is 11.0 Å². The second-order valence-corrected chi connectivity index (χ2v) is 7.02. The van der Waals surface area contributed by atoms with E-state index in [1.54, 1.807) is 37.5 Å². The minimum Gasteiger partial charge on any atom is -0.497 e. The number of likely N-dealkylation sites (N-methyl/N-ethyl adjacent to an activating group) is 1. The van der Waals surface area contributed by atoms with E-state index in [4.69, 9.17) is 9.15 Å². The Labute approximate surface area is 165 Å². The van der Waals surface area contributed by atoms with E-state index in [9.17, 15) is 9.59 Å². The van der Waals surface area contributed by atoms with Crippen LogP contribution in [-0.2, 0) is 9.59 Å². The second kappa shape index (κ2) is 8.78. The van der Waals surface area contributed by atoms with Gasteiger partial charge in [-0.2, -0.15) is 0 Å². The van der Waals surface area contributed by atoms with Crippen LogP contribution in [0.2, 0.25) is 0 Å². The number of ether oxygens (including phenoxy) is 1. The van der Waals surface area contributed by atoms with Crippen LogP contribution in [-0.4, -0.2) is 36.9 Å². The van der Waals surface area contributed by atoms with Crippen LogP contribution in [0.5, 0.6) is 5.75 Å². The smallest absolute Gasteiger partial charge is 0.247 e. The summed E-state index contributed by atoms with van der Waals surface area (Å²) in [6.07, 6.45) is 4.26. The van der Waals surface area contributed by atoms with Gasteiger partial charge in [-0.05, 0) is 61.7 Å². The molecule has 0 radical (unpaired) electrons. The number of nitrogens with zero attached hydrogens (tertiary/aromatic N) is 1. The van der Waals surface area contributed by atoms with Gasteiger partial charge >= 0.3 is 0 Å². The highest BCUT2D eigenvalue weighted by atomic mass is 16.5. The highest BCUT2D eigenvalue weighted by Gasteiger charge is 2.36. The van der Waals surface area contributed by atoms with Crippen LogP contribution in [0, 0.1) is 5.92 Å². The van der Waals surface area contributed by atoms with Gasteiger partial charge in [0.15, 0.2) is 0 Å². The average Bonchev–Trinajstić information content (AvgIpc) is 3.24. The third kappa shape index (κ3) is 5.03. The van der Waals surface area contributed by atoms with Crippen molar-refractivity contribution in [2.24, 2.45) is 5.92 Å². The van der Waals surface area contributed by atoms with Crippen molar-refractivity contribution in [3.63, 3.8) is 0 Å². The molecule has 1 saturated carbocycles. The Balaban J connectivity index is 1.53. The predicted molar refractivity (Wildman–Crippen MR) is 108 cm³/mol. The van der Waals surface area contributed by atoms with Crippen molar-refractivity contribution in [2.75, 3.05) is 25.5 Å². The van der Waals surface area contributed by atoms with E-state index < -0.39 is 0 Å². The summed E-state index contributed by atoms with van der Waals surface area (Å²) in [6, 6.07) is 10.9. The molecule has 0 aliphatic heterocycles. The Kier molecular flexibility index (Phi) is 6.19. The fraction of sp³-hybridized carbons (Fsp3) is 0.364. The van der Waals surface area contributed by atoms with Gasteiger partial charge in [0.1, 0.15) is 23.8 Å². The van der Waals surface area contributed by atoms with Gasteiger partial charge in [0.25, 0.3) is 0 Å². The van der Waals surface area contributed by atoms with Gasteiger partial charge in [-0.1, -0.05) is 6.92 Å². The fourth-order valence-electron chi connectivity index (χ4n) is 3.03. The van der Waals surface area contributed by atoms with Crippen molar-refractivity contribution < 1.29 is 18.7 Å². The number of methoxy groups -OCH3 is 1. The summed E-state index contributed by atoms with van der Waals surface area (Å²) >= 11 is 0. The minimum atomic E-state index is -0.253. The molecule has 148 valence electrons. The monoisotopic (exact) mass is 382 g/mol. The van der Waals surface area contributed by atoms with Crippen LogP contribution in [0.25, 0.3) is 6.08 Å². The Morgan fingerprint density at radius 3 is 2.57 bits per heavy atom. The molecule has 0 spiro atoms. The second-order valence-electron chi connectivity index (χ2n) is 7.02. The van der Waals surface area contributed by atoms with Crippen molar-refractivity contribution in [2.45, 2.75) is 26.2 Å². The van der Waals surface area contributed by atoms with Crippen molar-refractivity contribution >= 4 is 23.6 Å². The first-order valence-electron chi connectivity index (χ1n) is 9.50. The van der Waals surface area contributed by atoms with E-state index in [1.807, 2.05) is 19.1 Å². The van der Waals surface area contributed by atoms with Crippen LogP contribution in [0.1, 0.15) is 37.7 Å². The van der Waals surface area contributed by atoms with Gasteiger partial charge < -0.3 is 19.4 Å². The Bertz CT molecular complexity index is 854. The van der Waals surface area contributed by atoms with Crippen molar-refractivity contribution in [3.8, 4) is 5.75 Å². The molecule has 2 atom stereocenters. The maximum Gasteiger partial charge on any atom is 0.247 e. The zero-order chi connectivity index (χ0) is 20.1. The fourth-order valence-corrected chi connectivity index (χ4v) is 3.03. The molecule has 1 aromatic heterocycles. The van der Waals surface area contributed by atoms with E-state index in [0.29, 0.717) is 35.6 Å². The lowest BCUT2D eigenvalue weighted by atomic mass is 10.3. The zero-order valence-electron chi connectivity index (χ0n) is 16.5. The van der Waals surface area contributed by atoms with Crippen molar-refractivity contribution in [1.82, 2.24) is 4.90 Å². The number of hydrogen-bond acceptors (Lipinski definition) is 4. The number of carbonyl (C=O) groups is 2. The van der Waals surface area contributed by atoms with Crippen LogP contribution in [0.4, 0.5) is 5.69 Å². The van der Waals surface area contributed by atoms with Gasteiger partial charge in [0, 0.05) is 24.2 Å². The molecule has 2 amide bonds. The summed E-state index contributed by atoms with van der Waals surface area (Å²) in [5, 5.41) is 2.78. The lowest BCUT2D eigenvalue weighted by molar-refractivity contribution is -0.130. The number of nitrogens with one attached hydrogen (secondary N) is 1. The summed E-state index contributed by atoms with van der Waals surface area (Å²) in [6.45, 7) is 4.45. The maximum atomic E-state index is 12.4. The third-order valence-corrected chi connectivity index (χ3v) is 4.91. The lowest BCUT2D eigenvalue weighted by Gasteiger charge is -2.18. The topological polar surface area (TPSA) is 71.8 Å². The van der Waals surface area contributed by atoms with Gasteiger partial charge in [0.05, 0.1) is 7.11 Å². The first-order chi connectivity index (χ1) is 13.5. The highest BCUT2D eigenvalue weighted by molar-refractivity contribution is 5.97. The van der Waals surface area contributed by atoms with Crippen molar-refractivity contribution in [1.29, 1.82) is 0 Å². The van der Waals surface area contributed by atoms with E-state index in [2.05, 4.69) is 12.2 Å². The molecule has 1 aromatic carbocycles. The normalized spacial score (nSPS) is 18.1. The quantitative estimate of drug-likeness (QED) is 0.703. The molecule has 1 N–H and O–H groups in total. The molecule has 1 fully saturated rings. The summed E-state index contributed by atoms with van der Waals surface area (Å²) in [5.41, 5.74) is 0.655. The Morgan fingerprint density at radius 2 is 1.96 bits per heavy atom. The Hall–Kier alpha value is -3.02. The number of amides is 2. The molecule has 0 unspecified atom stereocenters. The summed E-state index contributed by atoms with van der Waals surface area (Å²) < 4.78 is 10.9. The number of carbonyl (C=O) groups excluding carboxylic acids is 2. The van der Waals surface area contributed by atoms with E-state index in [0.717, 1.165) is 12.2 Å². The molecular formula is C22H26N2O4. The molecule has 2 aromatic rings. The van der Waals surface area contributed by atoms with Crippen LogP contribution < -0.4 is 10.1 Å². The molecule has 28 heavy (non-hydrogen) atoms. The molecule has 1 aliphatic carbocycles. The molecular weight excluding hydrogens is 356 g/mol. The van der Waals surface area contributed by atoms with Crippen LogP contribution in [0.15, 0.2) is 46.9 Å². The summed E-state index contributed by atoms with van der Waals surface area (Å²) in [4.78, 5) is 26.2. The number of rotatable bonds is 8. The van der Waals surface area contributed by atoms with Gasteiger partial charge in [-0.3, -0.25) is 9.59 Å². The number of anilines is 1. The molecule has 0 bridgehead atoms. The Morgan fingerprint density at radius 1 is 1.25 bits per heavy atom. The summed E-state index contributed by atoms with van der Waals surface area (Å²) in [7, 11) is 1.59. The van der Waals surface area contributed by atoms with Crippen LogP contribution in [0.3, 0.4) is 0 Å². The standard InChI is InChI=1S/C22H26N2O4/c1-4-24(14-21(25)23-16-5-7-17(27-3)8-6-16)22(26)12-10-18-9-11-20(28-18)19-13-15(19)2/h5-12,15,19H,4,13-14H2,1-3H3,(H,23,25)/b12-10-/t15-,19+/m0/s1. The minimum absolute atomic E-state index is 0.0192. The largest absolute Gasteiger partial charge is 0.497 e. The maximum absolute atomic E-state index is 12.4. The average molecular weight is 382 g/mol. The first kappa shape index (κ1) is 19.7. The number of furan rings is 1.